The standard InChI is InChI=1S/C12H14FN3S/c1-16(6-10-7-17-8-15-10)5-9-2-3-12(14)11(13)4-9/h2-4,7-8H,5-6,14H2,1H3. The normalized spacial score (nSPS) is 11.0. The molecular weight excluding hydrogens is 237 g/mol. The Bertz CT molecular complexity index is 485. The van der Waals surface area contributed by atoms with Gasteiger partial charge in [-0.3, -0.25) is 4.90 Å². The Morgan fingerprint density at radius 2 is 2.24 bits per heavy atom. The fourth-order valence-corrected chi connectivity index (χ4v) is 2.18. The number of hydrogen-bond acceptors (Lipinski definition) is 4. The van der Waals surface area contributed by atoms with Crippen LogP contribution in [-0.2, 0) is 13.1 Å². The van der Waals surface area contributed by atoms with E-state index in [9.17, 15) is 4.39 Å². The van der Waals surface area contributed by atoms with Crippen molar-refractivity contribution in [3.8, 4) is 0 Å². The zero-order valence-electron chi connectivity index (χ0n) is 9.56. The van der Waals surface area contributed by atoms with Crippen LogP contribution in [0.3, 0.4) is 0 Å². The molecule has 2 N–H and O–H groups in total. The lowest BCUT2D eigenvalue weighted by Crippen LogP contribution is -2.17. The van der Waals surface area contributed by atoms with Crippen molar-refractivity contribution in [1.82, 2.24) is 9.88 Å². The molecule has 0 aliphatic heterocycles. The van der Waals surface area contributed by atoms with Crippen LogP contribution < -0.4 is 5.73 Å². The molecule has 90 valence electrons. The van der Waals surface area contributed by atoms with Crippen molar-refractivity contribution in [2.24, 2.45) is 0 Å². The summed E-state index contributed by atoms with van der Waals surface area (Å²) in [6, 6.07) is 4.92. The molecule has 17 heavy (non-hydrogen) atoms. The number of nitrogen functional groups attached to an aromatic ring is 1. The fraction of sp³-hybridized carbons (Fsp3) is 0.250. The molecule has 1 aromatic heterocycles. The molecule has 0 fully saturated rings. The van der Waals surface area contributed by atoms with Crippen LogP contribution in [0.15, 0.2) is 29.1 Å². The monoisotopic (exact) mass is 251 g/mol. The van der Waals surface area contributed by atoms with Gasteiger partial charge in [-0.1, -0.05) is 6.07 Å². The summed E-state index contributed by atoms with van der Waals surface area (Å²) in [5.41, 5.74) is 9.38. The number of hydrogen-bond donors (Lipinski definition) is 1. The Balaban J connectivity index is 1.98. The maximum Gasteiger partial charge on any atom is 0.146 e. The summed E-state index contributed by atoms with van der Waals surface area (Å²) in [6.45, 7) is 1.43. The molecular formula is C12H14FN3S. The van der Waals surface area contributed by atoms with Crippen LogP contribution in [0.25, 0.3) is 0 Å². The van der Waals surface area contributed by atoms with Gasteiger partial charge in [0.2, 0.25) is 0 Å². The quantitative estimate of drug-likeness (QED) is 0.849. The molecule has 0 radical (unpaired) electrons. The van der Waals surface area contributed by atoms with Crippen molar-refractivity contribution in [2.45, 2.75) is 13.1 Å². The van der Waals surface area contributed by atoms with Gasteiger partial charge >= 0.3 is 0 Å². The van der Waals surface area contributed by atoms with Crippen LogP contribution in [0.4, 0.5) is 10.1 Å². The maximum absolute atomic E-state index is 13.3. The Morgan fingerprint density at radius 1 is 1.41 bits per heavy atom. The van der Waals surface area contributed by atoms with Gasteiger partial charge in [-0.15, -0.1) is 11.3 Å². The highest BCUT2D eigenvalue weighted by atomic mass is 32.1. The van der Waals surface area contributed by atoms with E-state index in [1.165, 1.54) is 6.07 Å². The second-order valence-corrected chi connectivity index (χ2v) is 4.73. The number of anilines is 1. The summed E-state index contributed by atoms with van der Waals surface area (Å²) >= 11 is 1.58. The van der Waals surface area contributed by atoms with E-state index < -0.39 is 0 Å². The molecule has 0 saturated carbocycles. The van der Waals surface area contributed by atoms with Gasteiger partial charge < -0.3 is 5.73 Å². The topological polar surface area (TPSA) is 42.1 Å². The SMILES string of the molecule is CN(Cc1ccc(N)c(F)c1)Cc1cscn1. The average molecular weight is 251 g/mol. The summed E-state index contributed by atoms with van der Waals surface area (Å²) in [5, 5.41) is 2.01. The van der Waals surface area contributed by atoms with E-state index in [2.05, 4.69) is 9.88 Å². The zero-order chi connectivity index (χ0) is 12.3. The van der Waals surface area contributed by atoms with Crippen molar-refractivity contribution in [3.63, 3.8) is 0 Å². The molecule has 0 spiro atoms. The number of benzene rings is 1. The van der Waals surface area contributed by atoms with Gasteiger partial charge in [0, 0.05) is 18.5 Å². The Labute approximate surface area is 104 Å². The highest BCUT2D eigenvalue weighted by Gasteiger charge is 2.05. The summed E-state index contributed by atoms with van der Waals surface area (Å²) in [4.78, 5) is 6.30. The number of rotatable bonds is 4. The fourth-order valence-electron chi connectivity index (χ4n) is 1.63. The summed E-state index contributed by atoms with van der Waals surface area (Å²) in [5.74, 6) is -0.357. The smallest absolute Gasteiger partial charge is 0.146 e. The minimum atomic E-state index is -0.357. The van der Waals surface area contributed by atoms with E-state index in [1.807, 2.05) is 24.0 Å². The van der Waals surface area contributed by atoms with E-state index >= 15 is 0 Å². The van der Waals surface area contributed by atoms with E-state index in [4.69, 9.17) is 5.73 Å². The largest absolute Gasteiger partial charge is 0.396 e. The summed E-state index contributed by atoms with van der Waals surface area (Å²) in [7, 11) is 1.98. The van der Waals surface area contributed by atoms with Gasteiger partial charge in [-0.2, -0.15) is 0 Å². The Morgan fingerprint density at radius 3 is 2.88 bits per heavy atom. The molecule has 2 rings (SSSR count). The van der Waals surface area contributed by atoms with Crippen LogP contribution in [0.5, 0.6) is 0 Å². The number of halogens is 1. The summed E-state index contributed by atoms with van der Waals surface area (Å²) < 4.78 is 13.3. The lowest BCUT2D eigenvalue weighted by Gasteiger charge is -2.15. The molecule has 2 aromatic rings. The van der Waals surface area contributed by atoms with E-state index in [-0.39, 0.29) is 11.5 Å². The molecule has 1 heterocycles. The molecule has 0 atom stereocenters. The zero-order valence-corrected chi connectivity index (χ0v) is 10.4. The first-order valence-electron chi connectivity index (χ1n) is 5.24. The van der Waals surface area contributed by atoms with Crippen molar-refractivity contribution < 1.29 is 4.39 Å². The summed E-state index contributed by atoms with van der Waals surface area (Å²) in [6.07, 6.45) is 0. The third-order valence-electron chi connectivity index (χ3n) is 2.43. The van der Waals surface area contributed by atoms with Crippen LogP contribution in [0.2, 0.25) is 0 Å². The van der Waals surface area contributed by atoms with Gasteiger partial charge in [0.15, 0.2) is 0 Å². The van der Waals surface area contributed by atoms with Crippen molar-refractivity contribution in [1.29, 1.82) is 0 Å². The molecule has 5 heteroatoms. The van der Waals surface area contributed by atoms with Crippen LogP contribution in [0, 0.1) is 5.82 Å². The van der Waals surface area contributed by atoms with Crippen molar-refractivity contribution in [2.75, 3.05) is 12.8 Å². The van der Waals surface area contributed by atoms with Gasteiger partial charge in [-0.25, -0.2) is 9.37 Å². The first kappa shape index (κ1) is 12.0. The van der Waals surface area contributed by atoms with Crippen LogP contribution >= 0.6 is 11.3 Å². The van der Waals surface area contributed by atoms with Crippen LogP contribution in [-0.4, -0.2) is 16.9 Å². The van der Waals surface area contributed by atoms with E-state index in [0.717, 1.165) is 17.8 Å². The molecule has 1 aromatic carbocycles. The first-order chi connectivity index (χ1) is 8.15. The predicted octanol–water partition coefficient (Wildman–Crippen LogP) is 2.50. The minimum Gasteiger partial charge on any atom is -0.396 e. The van der Waals surface area contributed by atoms with Crippen LogP contribution in [0.1, 0.15) is 11.3 Å². The van der Waals surface area contributed by atoms with Gasteiger partial charge in [0.1, 0.15) is 5.82 Å². The first-order valence-corrected chi connectivity index (χ1v) is 6.19. The number of nitrogens with zero attached hydrogens (tertiary/aromatic N) is 2. The highest BCUT2D eigenvalue weighted by Crippen LogP contribution is 2.14. The molecule has 0 aliphatic carbocycles. The second kappa shape index (κ2) is 5.25. The molecule has 0 saturated heterocycles. The highest BCUT2D eigenvalue weighted by molar-refractivity contribution is 7.07. The minimum absolute atomic E-state index is 0.191. The van der Waals surface area contributed by atoms with E-state index in [0.29, 0.717) is 6.54 Å². The van der Waals surface area contributed by atoms with Crippen molar-refractivity contribution >= 4 is 17.0 Å². The Hall–Kier alpha value is -1.46. The lowest BCUT2D eigenvalue weighted by atomic mass is 10.2. The van der Waals surface area contributed by atoms with Crippen molar-refractivity contribution in [3.05, 3.63) is 46.2 Å². The lowest BCUT2D eigenvalue weighted by molar-refractivity contribution is 0.315. The maximum atomic E-state index is 13.3. The number of aromatic nitrogens is 1. The molecule has 0 unspecified atom stereocenters. The van der Waals surface area contributed by atoms with Gasteiger partial charge in [0.05, 0.1) is 16.9 Å². The number of thiazole rings is 1. The molecule has 0 aliphatic rings. The second-order valence-electron chi connectivity index (χ2n) is 4.01. The third-order valence-corrected chi connectivity index (χ3v) is 3.07. The average Bonchev–Trinajstić information content (AvgIpc) is 2.76. The molecule has 0 amide bonds. The third kappa shape index (κ3) is 3.25. The van der Waals surface area contributed by atoms with E-state index in [1.54, 1.807) is 17.4 Å². The molecule has 3 nitrogen and oxygen atoms in total. The van der Waals surface area contributed by atoms with Gasteiger partial charge in [-0.05, 0) is 24.7 Å². The predicted molar refractivity (Wildman–Crippen MR) is 68.1 cm³/mol. The molecule has 0 bridgehead atoms. The number of nitrogens with two attached hydrogens (primary N) is 1. The van der Waals surface area contributed by atoms with Gasteiger partial charge in [0.25, 0.3) is 0 Å². The Kier molecular flexibility index (Phi) is 3.71.